The van der Waals surface area contributed by atoms with E-state index in [1.807, 2.05) is 6.92 Å². The number of ether oxygens (including phenoxy) is 1. The van der Waals surface area contributed by atoms with E-state index in [9.17, 15) is 9.59 Å². The lowest BCUT2D eigenvalue weighted by Crippen LogP contribution is -2.25. The van der Waals surface area contributed by atoms with Crippen molar-refractivity contribution in [3.63, 3.8) is 0 Å². The Morgan fingerprint density at radius 1 is 1.40 bits per heavy atom. The molecule has 0 unspecified atom stereocenters. The molecule has 1 aromatic heterocycles. The van der Waals surface area contributed by atoms with Crippen LogP contribution < -0.4 is 27.0 Å². The SMILES string of the molecule is CCOc1ccc(Nc2n[nH]c(=O)[nH]c2=O)cc1CN. The smallest absolute Gasteiger partial charge is 0.342 e. The molecule has 0 aliphatic rings. The molecule has 0 saturated heterocycles. The molecule has 0 aliphatic heterocycles. The maximum absolute atomic E-state index is 11.5. The van der Waals surface area contributed by atoms with Gasteiger partial charge in [0.15, 0.2) is 0 Å². The Labute approximate surface area is 114 Å². The number of hydrogen-bond acceptors (Lipinski definition) is 6. The minimum atomic E-state index is -0.658. The average Bonchev–Trinajstić information content (AvgIpc) is 2.43. The van der Waals surface area contributed by atoms with Crippen molar-refractivity contribution in [1.82, 2.24) is 15.2 Å². The fourth-order valence-electron chi connectivity index (χ4n) is 1.68. The van der Waals surface area contributed by atoms with Gasteiger partial charge in [0.25, 0.3) is 5.56 Å². The predicted molar refractivity (Wildman–Crippen MR) is 74.3 cm³/mol. The van der Waals surface area contributed by atoms with Crippen LogP contribution in [0.5, 0.6) is 5.75 Å². The Bertz CT molecular complexity index is 707. The van der Waals surface area contributed by atoms with Gasteiger partial charge in [-0.2, -0.15) is 0 Å². The average molecular weight is 277 g/mol. The molecular formula is C12H15N5O3. The molecule has 8 nitrogen and oxygen atoms in total. The third kappa shape index (κ3) is 3.04. The molecule has 20 heavy (non-hydrogen) atoms. The molecule has 2 aromatic rings. The summed E-state index contributed by atoms with van der Waals surface area (Å²) in [5.74, 6) is 0.695. The number of nitrogens with zero attached hydrogens (tertiary/aromatic N) is 1. The molecule has 1 heterocycles. The minimum absolute atomic E-state index is 0.00303. The largest absolute Gasteiger partial charge is 0.494 e. The van der Waals surface area contributed by atoms with Crippen molar-refractivity contribution in [2.45, 2.75) is 13.5 Å². The number of aromatic amines is 2. The van der Waals surface area contributed by atoms with Crippen molar-refractivity contribution in [3.8, 4) is 5.75 Å². The Morgan fingerprint density at radius 2 is 2.20 bits per heavy atom. The van der Waals surface area contributed by atoms with Gasteiger partial charge in [-0.1, -0.05) is 0 Å². The van der Waals surface area contributed by atoms with Crippen LogP contribution in [0.3, 0.4) is 0 Å². The maximum Gasteiger partial charge on any atom is 0.342 e. The molecule has 0 radical (unpaired) electrons. The lowest BCUT2D eigenvalue weighted by atomic mass is 10.1. The van der Waals surface area contributed by atoms with Crippen molar-refractivity contribution in [2.75, 3.05) is 11.9 Å². The van der Waals surface area contributed by atoms with E-state index in [0.717, 1.165) is 5.56 Å². The summed E-state index contributed by atoms with van der Waals surface area (Å²) >= 11 is 0. The van der Waals surface area contributed by atoms with E-state index in [0.29, 0.717) is 24.6 Å². The Balaban J connectivity index is 2.29. The highest BCUT2D eigenvalue weighted by Crippen LogP contribution is 2.23. The molecular weight excluding hydrogens is 262 g/mol. The van der Waals surface area contributed by atoms with Gasteiger partial charge in [0.05, 0.1) is 6.61 Å². The van der Waals surface area contributed by atoms with Crippen LogP contribution in [0.15, 0.2) is 27.8 Å². The summed E-state index contributed by atoms with van der Waals surface area (Å²) in [5, 5.41) is 8.59. The van der Waals surface area contributed by atoms with E-state index in [-0.39, 0.29) is 5.82 Å². The Hall–Kier alpha value is -2.61. The number of anilines is 2. The third-order valence-corrected chi connectivity index (χ3v) is 2.55. The first-order valence-electron chi connectivity index (χ1n) is 6.06. The maximum atomic E-state index is 11.5. The molecule has 1 aromatic carbocycles. The van der Waals surface area contributed by atoms with Crippen molar-refractivity contribution in [3.05, 3.63) is 44.6 Å². The van der Waals surface area contributed by atoms with Crippen LogP contribution in [0.4, 0.5) is 11.5 Å². The van der Waals surface area contributed by atoms with Gasteiger partial charge in [0.1, 0.15) is 5.75 Å². The molecule has 0 fully saturated rings. The van der Waals surface area contributed by atoms with Gasteiger partial charge in [0.2, 0.25) is 5.82 Å². The second kappa shape index (κ2) is 6.02. The van der Waals surface area contributed by atoms with Crippen LogP contribution in [0.2, 0.25) is 0 Å². The van der Waals surface area contributed by atoms with Gasteiger partial charge in [0, 0.05) is 17.8 Å². The minimum Gasteiger partial charge on any atom is -0.494 e. The molecule has 0 bridgehead atoms. The molecule has 8 heteroatoms. The Kier molecular flexibility index (Phi) is 4.16. The lowest BCUT2D eigenvalue weighted by Gasteiger charge is -2.11. The summed E-state index contributed by atoms with van der Waals surface area (Å²) in [6.07, 6.45) is 0. The second-order valence-electron chi connectivity index (χ2n) is 3.94. The summed E-state index contributed by atoms with van der Waals surface area (Å²) in [6, 6.07) is 5.25. The standard InChI is InChI=1S/C12H15N5O3/c1-2-20-9-4-3-8(5-7(9)6-13)14-10-11(18)15-12(19)17-16-10/h3-5H,2,6,13H2,1H3,(H,14,16)(H2,15,17,18,19). The summed E-state index contributed by atoms with van der Waals surface area (Å²) in [4.78, 5) is 24.5. The molecule has 0 spiro atoms. The first-order chi connectivity index (χ1) is 9.63. The van der Waals surface area contributed by atoms with Crippen LogP contribution in [0, 0.1) is 0 Å². The number of nitrogens with two attached hydrogens (primary N) is 1. The van der Waals surface area contributed by atoms with Crippen molar-refractivity contribution in [1.29, 1.82) is 0 Å². The first kappa shape index (κ1) is 13.8. The fourth-order valence-corrected chi connectivity index (χ4v) is 1.68. The molecule has 0 atom stereocenters. The summed E-state index contributed by atoms with van der Waals surface area (Å²) in [7, 11) is 0. The van der Waals surface area contributed by atoms with Gasteiger partial charge >= 0.3 is 5.69 Å². The van der Waals surface area contributed by atoms with Crippen molar-refractivity contribution >= 4 is 11.5 Å². The molecule has 0 aliphatic carbocycles. The van der Waals surface area contributed by atoms with E-state index >= 15 is 0 Å². The highest BCUT2D eigenvalue weighted by atomic mass is 16.5. The quantitative estimate of drug-likeness (QED) is 0.612. The summed E-state index contributed by atoms with van der Waals surface area (Å²) in [5.41, 5.74) is 5.82. The summed E-state index contributed by atoms with van der Waals surface area (Å²) in [6.45, 7) is 2.73. The molecule has 106 valence electrons. The monoisotopic (exact) mass is 277 g/mol. The van der Waals surface area contributed by atoms with Gasteiger partial charge in [-0.25, -0.2) is 9.89 Å². The van der Waals surface area contributed by atoms with Crippen LogP contribution >= 0.6 is 0 Å². The number of H-pyrrole nitrogens is 2. The second-order valence-corrected chi connectivity index (χ2v) is 3.94. The van der Waals surface area contributed by atoms with E-state index in [2.05, 4.69) is 20.5 Å². The Morgan fingerprint density at radius 3 is 2.85 bits per heavy atom. The van der Waals surface area contributed by atoms with Crippen LogP contribution in [0.25, 0.3) is 0 Å². The van der Waals surface area contributed by atoms with Crippen molar-refractivity contribution in [2.24, 2.45) is 5.73 Å². The van der Waals surface area contributed by atoms with Crippen molar-refractivity contribution < 1.29 is 4.74 Å². The normalized spacial score (nSPS) is 10.3. The zero-order valence-corrected chi connectivity index (χ0v) is 10.9. The van der Waals surface area contributed by atoms with E-state index in [1.165, 1.54) is 0 Å². The lowest BCUT2D eigenvalue weighted by molar-refractivity contribution is 0.336. The molecule has 0 amide bonds. The predicted octanol–water partition coefficient (Wildman–Crippen LogP) is 0.0592. The first-order valence-corrected chi connectivity index (χ1v) is 6.06. The summed E-state index contributed by atoms with van der Waals surface area (Å²) < 4.78 is 5.43. The van der Waals surface area contributed by atoms with Crippen LogP contribution in [-0.2, 0) is 6.54 Å². The highest BCUT2D eigenvalue weighted by molar-refractivity contribution is 5.58. The van der Waals surface area contributed by atoms with Gasteiger partial charge in [-0.3, -0.25) is 9.78 Å². The number of rotatable bonds is 5. The highest BCUT2D eigenvalue weighted by Gasteiger charge is 2.06. The molecule has 0 saturated carbocycles. The number of hydrogen-bond donors (Lipinski definition) is 4. The topological polar surface area (TPSA) is 126 Å². The molecule has 5 N–H and O–H groups in total. The number of aromatic nitrogens is 3. The number of benzene rings is 1. The van der Waals surface area contributed by atoms with Crippen LogP contribution in [0.1, 0.15) is 12.5 Å². The number of nitrogens with one attached hydrogen (secondary N) is 3. The van der Waals surface area contributed by atoms with Crippen LogP contribution in [-0.4, -0.2) is 21.8 Å². The van der Waals surface area contributed by atoms with Gasteiger partial charge in [-0.05, 0) is 25.1 Å². The third-order valence-electron chi connectivity index (χ3n) is 2.55. The van der Waals surface area contributed by atoms with E-state index < -0.39 is 11.2 Å². The zero-order valence-electron chi connectivity index (χ0n) is 10.9. The van der Waals surface area contributed by atoms with E-state index in [1.54, 1.807) is 18.2 Å². The van der Waals surface area contributed by atoms with Gasteiger partial charge in [-0.15, -0.1) is 5.10 Å². The van der Waals surface area contributed by atoms with E-state index in [4.69, 9.17) is 10.5 Å². The fraction of sp³-hybridized carbons (Fsp3) is 0.250. The zero-order chi connectivity index (χ0) is 14.5. The molecule has 2 rings (SSSR count). The van der Waals surface area contributed by atoms with Gasteiger partial charge < -0.3 is 15.8 Å².